The number of carbonyl (C=O) groups is 1. The molecule has 2 N–H and O–H groups in total. The molecule has 0 radical (unpaired) electrons. The molecule has 0 saturated heterocycles. The maximum absolute atomic E-state index is 12.7. The Morgan fingerprint density at radius 2 is 1.78 bits per heavy atom. The van der Waals surface area contributed by atoms with E-state index in [1.165, 1.54) is 24.3 Å². The molecule has 0 aromatic heterocycles. The van der Waals surface area contributed by atoms with Crippen LogP contribution in [-0.2, 0) is 4.74 Å². The number of nitrogens with one attached hydrogen (secondary N) is 2. The fourth-order valence-electron chi connectivity index (χ4n) is 1.09. The smallest absolute Gasteiger partial charge is 0.413 e. The largest absolute Gasteiger partial charge is 0.444 e. The van der Waals surface area contributed by atoms with E-state index in [-0.39, 0.29) is 24.1 Å². The zero-order valence-corrected chi connectivity index (χ0v) is 11.2. The van der Waals surface area contributed by atoms with Gasteiger partial charge in [-0.3, -0.25) is 10.7 Å². The summed E-state index contributed by atoms with van der Waals surface area (Å²) in [4.78, 5) is 11.4. The Morgan fingerprint density at radius 1 is 1.28 bits per heavy atom. The lowest BCUT2D eigenvalue weighted by Gasteiger charge is -2.19. The first-order valence-corrected chi connectivity index (χ1v) is 5.12. The molecule has 1 aromatic rings. The third kappa shape index (κ3) is 5.63. The summed E-state index contributed by atoms with van der Waals surface area (Å²) in [5.41, 5.74) is -0.204. The highest BCUT2D eigenvalue weighted by molar-refractivity contribution is 6.04. The first-order chi connectivity index (χ1) is 7.78. The number of hydrogen-bond donors (Lipinski definition) is 2. The van der Waals surface area contributed by atoms with Crippen molar-refractivity contribution in [3.63, 3.8) is 0 Å². The third-order valence-corrected chi connectivity index (χ3v) is 1.76. The number of amides is 1. The standard InChI is InChI=1S/C12H15FN2O2.ClH/c1-12(2,3)17-11(16)15-10(14)8-4-6-9(13)7-5-8;/h4-7H,1-3H3,(H2,14,15,16);1H. The highest BCUT2D eigenvalue weighted by Gasteiger charge is 2.17. The zero-order chi connectivity index (χ0) is 13.1. The summed E-state index contributed by atoms with van der Waals surface area (Å²) >= 11 is 0. The van der Waals surface area contributed by atoms with Crippen LogP contribution in [0.15, 0.2) is 24.3 Å². The maximum atomic E-state index is 12.7. The second kappa shape index (κ2) is 6.35. The molecule has 0 heterocycles. The van der Waals surface area contributed by atoms with Crippen LogP contribution in [-0.4, -0.2) is 17.5 Å². The van der Waals surface area contributed by atoms with E-state index < -0.39 is 11.7 Å². The minimum Gasteiger partial charge on any atom is -0.444 e. The van der Waals surface area contributed by atoms with Crippen molar-refractivity contribution in [2.75, 3.05) is 0 Å². The van der Waals surface area contributed by atoms with Gasteiger partial charge in [-0.05, 0) is 45.0 Å². The van der Waals surface area contributed by atoms with Gasteiger partial charge in [0.05, 0.1) is 0 Å². The molecule has 1 aromatic carbocycles. The minimum absolute atomic E-state index is 0. The molecular formula is C12H16ClFN2O2. The lowest BCUT2D eigenvalue weighted by Crippen LogP contribution is -2.36. The average molecular weight is 275 g/mol. The van der Waals surface area contributed by atoms with Crippen LogP contribution in [0, 0.1) is 11.2 Å². The van der Waals surface area contributed by atoms with Gasteiger partial charge < -0.3 is 4.74 Å². The van der Waals surface area contributed by atoms with Crippen molar-refractivity contribution in [2.24, 2.45) is 0 Å². The lowest BCUT2D eigenvalue weighted by atomic mass is 10.2. The van der Waals surface area contributed by atoms with Gasteiger partial charge in [-0.2, -0.15) is 0 Å². The van der Waals surface area contributed by atoms with Crippen molar-refractivity contribution in [3.05, 3.63) is 35.6 Å². The highest BCUT2D eigenvalue weighted by atomic mass is 35.5. The van der Waals surface area contributed by atoms with E-state index in [0.717, 1.165) is 0 Å². The molecule has 0 atom stereocenters. The molecule has 0 saturated carbocycles. The molecule has 18 heavy (non-hydrogen) atoms. The van der Waals surface area contributed by atoms with Gasteiger partial charge in [-0.15, -0.1) is 12.4 Å². The normalized spacial score (nSPS) is 10.2. The summed E-state index contributed by atoms with van der Waals surface area (Å²) in [5.74, 6) is -0.516. The Labute approximate surface area is 111 Å². The molecule has 0 unspecified atom stereocenters. The van der Waals surface area contributed by atoms with Gasteiger partial charge in [0.25, 0.3) is 0 Å². The molecule has 0 fully saturated rings. The molecule has 0 bridgehead atoms. The SMILES string of the molecule is CC(C)(C)OC(=O)NC(=N)c1ccc(F)cc1.Cl. The van der Waals surface area contributed by atoms with Crippen molar-refractivity contribution < 1.29 is 13.9 Å². The predicted molar refractivity (Wildman–Crippen MR) is 69.8 cm³/mol. The Hall–Kier alpha value is -1.62. The second-order valence-electron chi connectivity index (χ2n) is 4.51. The lowest BCUT2D eigenvalue weighted by molar-refractivity contribution is 0.0563. The first-order valence-electron chi connectivity index (χ1n) is 5.12. The van der Waals surface area contributed by atoms with Gasteiger partial charge in [0, 0.05) is 5.56 Å². The summed E-state index contributed by atoms with van der Waals surface area (Å²) in [6.07, 6.45) is -0.702. The summed E-state index contributed by atoms with van der Waals surface area (Å²) < 4.78 is 17.6. The molecule has 0 spiro atoms. The molecule has 0 aliphatic carbocycles. The summed E-state index contributed by atoms with van der Waals surface area (Å²) in [5, 5.41) is 9.88. The highest BCUT2D eigenvalue weighted by Crippen LogP contribution is 2.07. The monoisotopic (exact) mass is 274 g/mol. The number of halogens is 2. The van der Waals surface area contributed by atoms with Gasteiger partial charge in [0.15, 0.2) is 0 Å². The van der Waals surface area contributed by atoms with Crippen LogP contribution >= 0.6 is 12.4 Å². The van der Waals surface area contributed by atoms with Crippen LogP contribution < -0.4 is 5.32 Å². The maximum Gasteiger partial charge on any atom is 0.413 e. The van der Waals surface area contributed by atoms with E-state index in [1.807, 2.05) is 0 Å². The van der Waals surface area contributed by atoms with E-state index in [2.05, 4.69) is 5.32 Å². The summed E-state index contributed by atoms with van der Waals surface area (Å²) in [6, 6.07) is 5.27. The van der Waals surface area contributed by atoms with Crippen molar-refractivity contribution in [2.45, 2.75) is 26.4 Å². The van der Waals surface area contributed by atoms with Crippen molar-refractivity contribution in [1.82, 2.24) is 5.32 Å². The molecule has 1 rings (SSSR count). The fourth-order valence-corrected chi connectivity index (χ4v) is 1.09. The third-order valence-electron chi connectivity index (χ3n) is 1.76. The number of carbonyl (C=O) groups excluding carboxylic acids is 1. The molecular weight excluding hydrogens is 259 g/mol. The fraction of sp³-hybridized carbons (Fsp3) is 0.333. The van der Waals surface area contributed by atoms with Crippen LogP contribution in [0.5, 0.6) is 0 Å². The number of ether oxygens (including phenoxy) is 1. The van der Waals surface area contributed by atoms with E-state index >= 15 is 0 Å². The number of alkyl carbamates (subject to hydrolysis) is 1. The van der Waals surface area contributed by atoms with Crippen molar-refractivity contribution >= 4 is 24.3 Å². The molecule has 0 aliphatic rings. The van der Waals surface area contributed by atoms with Crippen LogP contribution in [0.2, 0.25) is 0 Å². The Kier molecular flexibility index (Phi) is 5.78. The molecule has 4 nitrogen and oxygen atoms in total. The van der Waals surface area contributed by atoms with E-state index in [9.17, 15) is 9.18 Å². The van der Waals surface area contributed by atoms with Crippen LogP contribution in [0.1, 0.15) is 26.3 Å². The average Bonchev–Trinajstić information content (AvgIpc) is 2.15. The Balaban J connectivity index is 0.00000289. The van der Waals surface area contributed by atoms with Crippen LogP contribution in [0.4, 0.5) is 9.18 Å². The van der Waals surface area contributed by atoms with E-state index in [0.29, 0.717) is 5.56 Å². The van der Waals surface area contributed by atoms with Gasteiger partial charge in [0.1, 0.15) is 17.3 Å². The van der Waals surface area contributed by atoms with E-state index in [1.54, 1.807) is 20.8 Å². The van der Waals surface area contributed by atoms with Gasteiger partial charge >= 0.3 is 6.09 Å². The number of hydrogen-bond acceptors (Lipinski definition) is 3. The number of benzene rings is 1. The predicted octanol–water partition coefficient (Wildman–Crippen LogP) is 3.10. The number of amidine groups is 1. The van der Waals surface area contributed by atoms with Gasteiger partial charge in [0.2, 0.25) is 0 Å². The summed E-state index contributed by atoms with van der Waals surface area (Å²) in [6.45, 7) is 5.19. The zero-order valence-electron chi connectivity index (χ0n) is 10.4. The minimum atomic E-state index is -0.702. The van der Waals surface area contributed by atoms with Gasteiger partial charge in [-0.1, -0.05) is 0 Å². The van der Waals surface area contributed by atoms with Crippen molar-refractivity contribution in [3.8, 4) is 0 Å². The first kappa shape index (κ1) is 16.4. The van der Waals surface area contributed by atoms with Gasteiger partial charge in [-0.25, -0.2) is 9.18 Å². The topological polar surface area (TPSA) is 62.2 Å². The quantitative estimate of drug-likeness (QED) is 0.611. The second-order valence-corrected chi connectivity index (χ2v) is 4.51. The molecule has 1 amide bonds. The molecule has 100 valence electrons. The van der Waals surface area contributed by atoms with Crippen LogP contribution in [0.3, 0.4) is 0 Å². The van der Waals surface area contributed by atoms with Crippen molar-refractivity contribution in [1.29, 1.82) is 5.41 Å². The number of rotatable bonds is 1. The Bertz CT molecular complexity index is 427. The van der Waals surface area contributed by atoms with Crippen LogP contribution in [0.25, 0.3) is 0 Å². The van der Waals surface area contributed by atoms with E-state index in [4.69, 9.17) is 10.1 Å². The molecule has 0 aliphatic heterocycles. The summed E-state index contributed by atoms with van der Waals surface area (Å²) in [7, 11) is 0. The Morgan fingerprint density at radius 3 is 2.22 bits per heavy atom. The molecule has 6 heteroatoms.